The van der Waals surface area contributed by atoms with E-state index in [-0.39, 0.29) is 11.6 Å². The number of carbonyl (C=O) groups excluding carboxylic acids is 1. The molecule has 1 amide bonds. The molecule has 4 N–H and O–H groups in total. The molecular formula is C11H20N6O. The number of anilines is 1. The Kier molecular flexibility index (Phi) is 5.47. The van der Waals surface area contributed by atoms with E-state index in [0.29, 0.717) is 18.4 Å². The number of carbonyl (C=O) groups is 1. The van der Waals surface area contributed by atoms with Crippen LogP contribution >= 0.6 is 0 Å². The van der Waals surface area contributed by atoms with Crippen LogP contribution in [0.3, 0.4) is 0 Å². The summed E-state index contributed by atoms with van der Waals surface area (Å²) >= 11 is 0. The minimum atomic E-state index is -0.233. The summed E-state index contributed by atoms with van der Waals surface area (Å²) in [4.78, 5) is 13.9. The fourth-order valence-electron chi connectivity index (χ4n) is 1.22. The number of hydrogen-bond acceptors (Lipinski definition) is 6. The van der Waals surface area contributed by atoms with Gasteiger partial charge >= 0.3 is 0 Å². The molecule has 1 heterocycles. The van der Waals surface area contributed by atoms with E-state index in [1.165, 1.54) is 0 Å². The molecule has 1 aromatic rings. The zero-order valence-corrected chi connectivity index (χ0v) is 11.0. The van der Waals surface area contributed by atoms with Gasteiger partial charge in [0, 0.05) is 19.1 Å². The highest BCUT2D eigenvalue weighted by Crippen LogP contribution is 1.99. The summed E-state index contributed by atoms with van der Waals surface area (Å²) in [6.45, 7) is 5.57. The van der Waals surface area contributed by atoms with E-state index < -0.39 is 0 Å². The van der Waals surface area contributed by atoms with E-state index in [2.05, 4.69) is 39.7 Å². The Morgan fingerprint density at radius 1 is 1.44 bits per heavy atom. The first-order chi connectivity index (χ1) is 8.54. The molecule has 18 heavy (non-hydrogen) atoms. The first kappa shape index (κ1) is 14.3. The molecule has 0 aliphatic carbocycles. The Morgan fingerprint density at radius 3 is 2.67 bits per heavy atom. The van der Waals surface area contributed by atoms with Gasteiger partial charge in [-0.3, -0.25) is 4.79 Å². The molecule has 0 bridgehead atoms. The average molecular weight is 252 g/mol. The maximum absolute atomic E-state index is 11.7. The quantitative estimate of drug-likeness (QED) is 0.480. The van der Waals surface area contributed by atoms with E-state index in [1.807, 2.05) is 7.05 Å². The second-order valence-corrected chi connectivity index (χ2v) is 4.28. The predicted octanol–water partition coefficient (Wildman–Crippen LogP) is -0.168. The van der Waals surface area contributed by atoms with Gasteiger partial charge in [-0.25, -0.2) is 5.84 Å². The van der Waals surface area contributed by atoms with Crippen molar-refractivity contribution in [3.8, 4) is 0 Å². The lowest BCUT2D eigenvalue weighted by Crippen LogP contribution is -2.36. The van der Waals surface area contributed by atoms with Crippen molar-refractivity contribution in [1.82, 2.24) is 20.4 Å². The highest BCUT2D eigenvalue weighted by molar-refractivity contribution is 5.92. The summed E-state index contributed by atoms with van der Waals surface area (Å²) in [6.07, 6.45) is 0. The van der Waals surface area contributed by atoms with E-state index >= 15 is 0 Å². The largest absolute Gasteiger partial charge is 0.349 e. The van der Waals surface area contributed by atoms with Crippen LogP contribution in [0.5, 0.6) is 0 Å². The van der Waals surface area contributed by atoms with Gasteiger partial charge in [-0.2, -0.15) is 0 Å². The molecule has 0 spiro atoms. The lowest BCUT2D eigenvalue weighted by molar-refractivity contribution is 0.0942. The van der Waals surface area contributed by atoms with Crippen LogP contribution < -0.4 is 16.6 Å². The smallest absolute Gasteiger partial charge is 0.271 e. The van der Waals surface area contributed by atoms with E-state index in [1.54, 1.807) is 12.1 Å². The number of aromatic nitrogens is 2. The monoisotopic (exact) mass is 252 g/mol. The maximum atomic E-state index is 11.7. The molecule has 0 saturated heterocycles. The zero-order chi connectivity index (χ0) is 13.5. The van der Waals surface area contributed by atoms with Gasteiger partial charge in [-0.05, 0) is 33.0 Å². The van der Waals surface area contributed by atoms with Gasteiger partial charge in [0.25, 0.3) is 5.91 Å². The molecule has 0 atom stereocenters. The van der Waals surface area contributed by atoms with Crippen LogP contribution in [0.15, 0.2) is 12.1 Å². The third kappa shape index (κ3) is 4.27. The van der Waals surface area contributed by atoms with Crippen molar-refractivity contribution in [2.24, 2.45) is 5.84 Å². The SMILES string of the molecule is CC(C)N(C)CCNC(=O)c1ccc(NN)nn1. The van der Waals surface area contributed by atoms with Gasteiger partial charge in [0.1, 0.15) is 0 Å². The molecule has 0 radical (unpaired) electrons. The zero-order valence-electron chi connectivity index (χ0n) is 11.0. The Labute approximate surface area is 107 Å². The normalized spacial score (nSPS) is 10.8. The van der Waals surface area contributed by atoms with Gasteiger partial charge in [0.15, 0.2) is 11.5 Å². The molecule has 0 saturated carbocycles. The summed E-state index contributed by atoms with van der Waals surface area (Å²) in [5.74, 6) is 5.35. The van der Waals surface area contributed by atoms with Gasteiger partial charge < -0.3 is 15.6 Å². The molecule has 100 valence electrons. The second kappa shape index (κ2) is 6.87. The van der Waals surface area contributed by atoms with Crippen LogP contribution in [0.1, 0.15) is 24.3 Å². The molecule has 0 aliphatic heterocycles. The fraction of sp³-hybridized carbons (Fsp3) is 0.545. The topological polar surface area (TPSA) is 96.2 Å². The molecular weight excluding hydrogens is 232 g/mol. The number of hydrazine groups is 1. The molecule has 1 aromatic heterocycles. The Balaban J connectivity index is 2.40. The highest BCUT2D eigenvalue weighted by Gasteiger charge is 2.08. The first-order valence-corrected chi connectivity index (χ1v) is 5.83. The minimum absolute atomic E-state index is 0.233. The summed E-state index contributed by atoms with van der Waals surface area (Å²) in [6, 6.07) is 3.63. The van der Waals surface area contributed by atoms with Crippen LogP contribution in [0.4, 0.5) is 5.82 Å². The standard InChI is InChI=1S/C11H20N6O/c1-8(2)17(3)7-6-13-11(18)9-4-5-10(14-12)16-15-9/h4-5,8H,6-7,12H2,1-3H3,(H,13,18)(H,14,16). The fourth-order valence-corrected chi connectivity index (χ4v) is 1.22. The van der Waals surface area contributed by atoms with Gasteiger partial charge in [-0.15, -0.1) is 10.2 Å². The average Bonchev–Trinajstić information content (AvgIpc) is 2.38. The number of nitrogen functional groups attached to an aromatic ring is 1. The molecule has 0 aliphatic rings. The Hall–Kier alpha value is -1.73. The third-order valence-corrected chi connectivity index (χ3v) is 2.68. The Bertz CT molecular complexity index is 378. The van der Waals surface area contributed by atoms with Gasteiger partial charge in [0.05, 0.1) is 0 Å². The molecule has 7 heteroatoms. The summed E-state index contributed by atoms with van der Waals surface area (Å²) in [5, 5.41) is 10.3. The number of hydrogen-bond donors (Lipinski definition) is 3. The predicted molar refractivity (Wildman–Crippen MR) is 69.9 cm³/mol. The van der Waals surface area contributed by atoms with Crippen LogP contribution in [-0.4, -0.2) is 47.2 Å². The van der Waals surface area contributed by atoms with E-state index in [4.69, 9.17) is 5.84 Å². The van der Waals surface area contributed by atoms with Crippen molar-refractivity contribution in [2.75, 3.05) is 25.6 Å². The van der Waals surface area contributed by atoms with Crippen molar-refractivity contribution in [3.63, 3.8) is 0 Å². The molecule has 0 unspecified atom stereocenters. The van der Waals surface area contributed by atoms with Crippen molar-refractivity contribution >= 4 is 11.7 Å². The molecule has 7 nitrogen and oxygen atoms in total. The summed E-state index contributed by atoms with van der Waals surface area (Å²) in [7, 11) is 2.01. The van der Waals surface area contributed by atoms with E-state index in [0.717, 1.165) is 6.54 Å². The molecule has 0 aromatic carbocycles. The number of nitrogens with two attached hydrogens (primary N) is 1. The first-order valence-electron chi connectivity index (χ1n) is 5.83. The molecule has 0 fully saturated rings. The number of likely N-dealkylation sites (N-methyl/N-ethyl adjacent to an activating group) is 1. The van der Waals surface area contributed by atoms with E-state index in [9.17, 15) is 4.79 Å². The van der Waals surface area contributed by atoms with Crippen LogP contribution in [0, 0.1) is 0 Å². The van der Waals surface area contributed by atoms with Crippen molar-refractivity contribution in [3.05, 3.63) is 17.8 Å². The second-order valence-electron chi connectivity index (χ2n) is 4.28. The summed E-state index contributed by atoms with van der Waals surface area (Å²) in [5.41, 5.74) is 2.63. The lowest BCUT2D eigenvalue weighted by atomic mass is 10.3. The lowest BCUT2D eigenvalue weighted by Gasteiger charge is -2.20. The molecule has 1 rings (SSSR count). The Morgan fingerprint density at radius 2 is 2.17 bits per heavy atom. The third-order valence-electron chi connectivity index (χ3n) is 2.68. The number of nitrogens with one attached hydrogen (secondary N) is 2. The van der Waals surface area contributed by atoms with Crippen molar-refractivity contribution in [2.45, 2.75) is 19.9 Å². The highest BCUT2D eigenvalue weighted by atomic mass is 16.1. The van der Waals surface area contributed by atoms with Crippen molar-refractivity contribution < 1.29 is 4.79 Å². The number of amides is 1. The van der Waals surface area contributed by atoms with Crippen LogP contribution in [-0.2, 0) is 0 Å². The number of rotatable bonds is 6. The van der Waals surface area contributed by atoms with Gasteiger partial charge in [-0.1, -0.05) is 0 Å². The van der Waals surface area contributed by atoms with Gasteiger partial charge in [0.2, 0.25) is 0 Å². The van der Waals surface area contributed by atoms with Crippen molar-refractivity contribution in [1.29, 1.82) is 0 Å². The van der Waals surface area contributed by atoms with Crippen LogP contribution in [0.2, 0.25) is 0 Å². The summed E-state index contributed by atoms with van der Waals surface area (Å²) < 4.78 is 0. The maximum Gasteiger partial charge on any atom is 0.271 e. The number of nitrogens with zero attached hydrogens (tertiary/aromatic N) is 3. The minimum Gasteiger partial charge on any atom is -0.349 e. The van der Waals surface area contributed by atoms with Crippen LogP contribution in [0.25, 0.3) is 0 Å².